The number of likely N-dealkylation sites (N-methyl/N-ethyl adjacent to an activating group) is 1. The quantitative estimate of drug-likeness (QED) is 0.874. The van der Waals surface area contributed by atoms with E-state index in [-0.39, 0.29) is 22.5 Å². The fourth-order valence-corrected chi connectivity index (χ4v) is 2.48. The van der Waals surface area contributed by atoms with Gasteiger partial charge in [0, 0.05) is 5.56 Å². The zero-order valence-corrected chi connectivity index (χ0v) is 11.9. The van der Waals surface area contributed by atoms with Crippen LogP contribution in [0, 0.1) is 11.6 Å². The first-order valence-corrected chi connectivity index (χ1v) is 6.73. The van der Waals surface area contributed by atoms with Crippen LogP contribution in [0.5, 0.6) is 0 Å². The summed E-state index contributed by atoms with van der Waals surface area (Å²) in [7, 11) is 1.72. The van der Waals surface area contributed by atoms with Gasteiger partial charge in [-0.05, 0) is 41.5 Å². The second kappa shape index (κ2) is 5.81. The molecule has 0 bridgehead atoms. The molecule has 2 aromatic rings. The van der Waals surface area contributed by atoms with E-state index in [1.807, 2.05) is 0 Å². The van der Waals surface area contributed by atoms with E-state index in [2.05, 4.69) is 30.0 Å². The highest BCUT2D eigenvalue weighted by Gasteiger charge is 2.19. The van der Waals surface area contributed by atoms with Gasteiger partial charge in [-0.1, -0.05) is 0 Å². The van der Waals surface area contributed by atoms with Gasteiger partial charge in [0.2, 0.25) is 0 Å². The third-order valence-corrected chi connectivity index (χ3v) is 3.74. The summed E-state index contributed by atoms with van der Waals surface area (Å²) in [6, 6.07) is 2.34. The van der Waals surface area contributed by atoms with Gasteiger partial charge < -0.3 is 5.32 Å². The Hall–Kier alpha value is -0.920. The number of hydrogen-bond donors (Lipinski definition) is 1. The highest BCUT2D eigenvalue weighted by atomic mass is 79.9. The molecule has 96 valence electrons. The van der Waals surface area contributed by atoms with Crippen LogP contribution >= 0.6 is 27.7 Å². The van der Waals surface area contributed by atoms with Crippen molar-refractivity contribution < 1.29 is 8.78 Å². The summed E-state index contributed by atoms with van der Waals surface area (Å²) in [5.74, 6) is -1.13. The number of benzene rings is 1. The van der Waals surface area contributed by atoms with Crippen LogP contribution in [0.1, 0.15) is 17.3 Å². The molecule has 1 aromatic heterocycles. The van der Waals surface area contributed by atoms with E-state index in [0.29, 0.717) is 5.69 Å². The first-order valence-electron chi connectivity index (χ1n) is 5.20. The molecule has 1 unspecified atom stereocenters. The minimum atomic E-state index is -0.571. The Bertz CT molecular complexity index is 533. The van der Waals surface area contributed by atoms with E-state index in [1.54, 1.807) is 13.2 Å². The molecule has 0 radical (unpaired) electrons. The molecule has 0 aliphatic carbocycles. The van der Waals surface area contributed by atoms with Crippen LogP contribution in [-0.4, -0.2) is 15.8 Å². The van der Waals surface area contributed by atoms with Gasteiger partial charge >= 0.3 is 0 Å². The highest BCUT2D eigenvalue weighted by molar-refractivity contribution is 9.10. The first kappa shape index (κ1) is 13.5. The van der Waals surface area contributed by atoms with Crippen molar-refractivity contribution in [2.24, 2.45) is 0 Å². The van der Waals surface area contributed by atoms with Crippen molar-refractivity contribution in [2.75, 3.05) is 7.05 Å². The number of rotatable bonds is 4. The molecule has 0 amide bonds. The number of nitrogens with zero attached hydrogens (tertiary/aromatic N) is 2. The predicted molar refractivity (Wildman–Crippen MR) is 69.5 cm³/mol. The Morgan fingerprint density at radius 2 is 2.22 bits per heavy atom. The van der Waals surface area contributed by atoms with Crippen LogP contribution in [0.25, 0.3) is 0 Å². The highest BCUT2D eigenvalue weighted by Crippen LogP contribution is 2.26. The Labute approximate surface area is 116 Å². The molecule has 1 atom stereocenters. The average molecular weight is 334 g/mol. The maximum atomic E-state index is 13.9. The van der Waals surface area contributed by atoms with Crippen LogP contribution in [-0.2, 0) is 6.42 Å². The number of aromatic nitrogens is 2. The van der Waals surface area contributed by atoms with Crippen molar-refractivity contribution >= 4 is 27.7 Å². The van der Waals surface area contributed by atoms with Crippen LogP contribution in [0.4, 0.5) is 8.78 Å². The Morgan fingerprint density at radius 1 is 1.44 bits per heavy atom. The summed E-state index contributed by atoms with van der Waals surface area (Å²) >= 11 is 4.12. The van der Waals surface area contributed by atoms with Crippen molar-refractivity contribution in [3.63, 3.8) is 0 Å². The van der Waals surface area contributed by atoms with E-state index in [4.69, 9.17) is 0 Å². The van der Waals surface area contributed by atoms with Gasteiger partial charge in [-0.25, -0.2) is 8.78 Å². The lowest BCUT2D eigenvalue weighted by molar-refractivity contribution is 0.508. The van der Waals surface area contributed by atoms with Gasteiger partial charge in [0.25, 0.3) is 0 Å². The van der Waals surface area contributed by atoms with Crippen LogP contribution in [0.3, 0.4) is 0 Å². The number of halogens is 3. The van der Waals surface area contributed by atoms with Gasteiger partial charge in [-0.3, -0.25) is 0 Å². The van der Waals surface area contributed by atoms with E-state index < -0.39 is 11.6 Å². The Balaban J connectivity index is 2.30. The second-order valence-corrected chi connectivity index (χ2v) is 5.11. The van der Waals surface area contributed by atoms with Crippen molar-refractivity contribution in [3.8, 4) is 0 Å². The third kappa shape index (κ3) is 2.73. The smallest absolute Gasteiger partial charge is 0.143 e. The minimum absolute atomic E-state index is 0.0386. The van der Waals surface area contributed by atoms with Crippen molar-refractivity contribution in [1.82, 2.24) is 14.1 Å². The summed E-state index contributed by atoms with van der Waals surface area (Å²) in [6.07, 6.45) is 1.78. The van der Waals surface area contributed by atoms with Crippen LogP contribution in [0.2, 0.25) is 0 Å². The van der Waals surface area contributed by atoms with Crippen LogP contribution in [0.15, 0.2) is 22.8 Å². The van der Waals surface area contributed by atoms with Crippen molar-refractivity contribution in [3.05, 3.63) is 45.7 Å². The predicted octanol–water partition coefficient (Wildman–Crippen LogP) is 3.08. The molecule has 3 nitrogen and oxygen atoms in total. The van der Waals surface area contributed by atoms with Gasteiger partial charge in [0.05, 0.1) is 34.1 Å². The molecule has 18 heavy (non-hydrogen) atoms. The molecule has 0 aliphatic rings. The van der Waals surface area contributed by atoms with Crippen LogP contribution < -0.4 is 5.32 Å². The number of nitrogens with one attached hydrogen (secondary N) is 1. The summed E-state index contributed by atoms with van der Waals surface area (Å²) < 4.78 is 35.7. The monoisotopic (exact) mass is 333 g/mol. The van der Waals surface area contributed by atoms with Crippen molar-refractivity contribution in [1.29, 1.82) is 0 Å². The Morgan fingerprint density at radius 3 is 2.83 bits per heavy atom. The topological polar surface area (TPSA) is 37.8 Å². The lowest BCUT2D eigenvalue weighted by Gasteiger charge is -2.14. The van der Waals surface area contributed by atoms with Gasteiger partial charge in [-0.15, -0.1) is 0 Å². The summed E-state index contributed by atoms with van der Waals surface area (Å²) in [5, 5.41) is 2.98. The molecule has 0 fully saturated rings. The summed E-state index contributed by atoms with van der Waals surface area (Å²) in [6.45, 7) is 0. The van der Waals surface area contributed by atoms with Gasteiger partial charge in [-0.2, -0.15) is 8.75 Å². The molecule has 0 spiro atoms. The minimum Gasteiger partial charge on any atom is -0.311 e. The lowest BCUT2D eigenvalue weighted by atomic mass is 10.0. The summed E-state index contributed by atoms with van der Waals surface area (Å²) in [4.78, 5) is 0. The van der Waals surface area contributed by atoms with E-state index in [9.17, 15) is 8.78 Å². The van der Waals surface area contributed by atoms with Crippen molar-refractivity contribution in [2.45, 2.75) is 12.5 Å². The second-order valence-electron chi connectivity index (χ2n) is 3.70. The average Bonchev–Trinajstić information content (AvgIpc) is 2.88. The zero-order valence-electron chi connectivity index (χ0n) is 9.45. The zero-order chi connectivity index (χ0) is 13.1. The van der Waals surface area contributed by atoms with Gasteiger partial charge in [0.15, 0.2) is 0 Å². The molecule has 2 rings (SSSR count). The maximum absolute atomic E-state index is 13.9. The van der Waals surface area contributed by atoms with Gasteiger partial charge in [0.1, 0.15) is 11.6 Å². The SMILES string of the molecule is CNC(Cc1c(F)ccc(Br)c1F)c1cnsn1. The van der Waals surface area contributed by atoms with E-state index in [1.165, 1.54) is 12.1 Å². The first-order chi connectivity index (χ1) is 8.63. The molecule has 7 heteroatoms. The fourth-order valence-electron chi connectivity index (χ4n) is 1.64. The molecule has 0 saturated carbocycles. The molecular weight excluding hydrogens is 324 g/mol. The van der Waals surface area contributed by atoms with E-state index in [0.717, 1.165) is 11.7 Å². The maximum Gasteiger partial charge on any atom is 0.143 e. The third-order valence-electron chi connectivity index (χ3n) is 2.63. The molecule has 0 aliphatic heterocycles. The molecule has 1 N–H and O–H groups in total. The largest absolute Gasteiger partial charge is 0.311 e. The normalized spacial score (nSPS) is 12.7. The molecule has 0 saturated heterocycles. The Kier molecular flexibility index (Phi) is 4.36. The molecule has 1 aromatic carbocycles. The standard InChI is InChI=1S/C11H10BrF2N3S/c1-15-9(10-5-16-18-17-10)4-6-8(13)3-2-7(12)11(6)14/h2-3,5,9,15H,4H2,1H3. The lowest BCUT2D eigenvalue weighted by Crippen LogP contribution is -2.20. The summed E-state index contributed by atoms with van der Waals surface area (Å²) in [5.41, 5.74) is 0.720. The molecule has 1 heterocycles. The fraction of sp³-hybridized carbons (Fsp3) is 0.273. The molecular formula is C11H10BrF2N3S. The van der Waals surface area contributed by atoms with E-state index >= 15 is 0 Å². The number of hydrogen-bond acceptors (Lipinski definition) is 4.